The Morgan fingerprint density at radius 3 is 2.79 bits per heavy atom. The van der Waals surface area contributed by atoms with Crippen LogP contribution in [0, 0.1) is 0 Å². The molecule has 0 aliphatic carbocycles. The van der Waals surface area contributed by atoms with Gasteiger partial charge < -0.3 is 4.42 Å². The largest absolute Gasteiger partial charge is 0.437 e. The maximum Gasteiger partial charge on any atom is 0.228 e. The molecule has 0 saturated heterocycles. The first-order valence-electron chi connectivity index (χ1n) is 5.70. The summed E-state index contributed by atoms with van der Waals surface area (Å²) in [6.45, 7) is 3.88. The predicted octanol–water partition coefficient (Wildman–Crippen LogP) is 3.30. The second-order valence-electron chi connectivity index (χ2n) is 3.97. The van der Waals surface area contributed by atoms with Crippen LogP contribution in [0.5, 0.6) is 0 Å². The van der Waals surface area contributed by atoms with Gasteiger partial charge in [0.05, 0.1) is 10.6 Å². The molecule has 3 aromatic rings. The quantitative estimate of drug-likeness (QED) is 0.723. The molecular weight excluding hydrogens is 278 g/mol. The van der Waals surface area contributed by atoms with Crippen molar-refractivity contribution in [2.45, 2.75) is 0 Å². The van der Waals surface area contributed by atoms with Gasteiger partial charge in [0.1, 0.15) is 10.8 Å². The molecule has 2 aromatic heterocycles. The van der Waals surface area contributed by atoms with E-state index in [0.717, 1.165) is 15.8 Å². The molecule has 4 heteroatoms. The van der Waals surface area contributed by atoms with Crippen LogP contribution in [0.15, 0.2) is 46.2 Å². The molecule has 0 bridgehead atoms. The van der Waals surface area contributed by atoms with E-state index < -0.39 is 0 Å². The van der Waals surface area contributed by atoms with Crippen LogP contribution in [0.4, 0.5) is 0 Å². The standard InChI is InChI=1S/C15H10ClNOS/c1-10-14(9-11-5-4-8-19-11)17-15(18-10)12-6-2-3-7-13(12)16/h2-9H,1H2/b14-9-. The van der Waals surface area contributed by atoms with Gasteiger partial charge in [0, 0.05) is 4.88 Å². The Kier molecular flexibility index (Phi) is 3.23. The third kappa shape index (κ3) is 2.48. The lowest BCUT2D eigenvalue weighted by molar-refractivity contribution is 0.542. The first kappa shape index (κ1) is 12.2. The van der Waals surface area contributed by atoms with Gasteiger partial charge in [-0.2, -0.15) is 0 Å². The summed E-state index contributed by atoms with van der Waals surface area (Å²) >= 11 is 7.78. The molecule has 0 spiro atoms. The zero-order valence-electron chi connectivity index (χ0n) is 9.97. The van der Waals surface area contributed by atoms with Crippen molar-refractivity contribution < 1.29 is 4.42 Å². The van der Waals surface area contributed by atoms with E-state index in [9.17, 15) is 0 Å². The van der Waals surface area contributed by atoms with Crippen molar-refractivity contribution in [3.05, 3.63) is 62.4 Å². The van der Waals surface area contributed by atoms with Crippen molar-refractivity contribution in [2.24, 2.45) is 0 Å². The van der Waals surface area contributed by atoms with E-state index in [1.54, 1.807) is 11.3 Å². The highest BCUT2D eigenvalue weighted by Crippen LogP contribution is 2.24. The number of thiophene rings is 1. The van der Waals surface area contributed by atoms with Crippen LogP contribution in [0.2, 0.25) is 5.02 Å². The molecule has 0 saturated carbocycles. The van der Waals surface area contributed by atoms with E-state index in [-0.39, 0.29) is 0 Å². The summed E-state index contributed by atoms with van der Waals surface area (Å²) in [6, 6.07) is 11.5. The number of benzene rings is 1. The van der Waals surface area contributed by atoms with Crippen LogP contribution in [-0.4, -0.2) is 4.98 Å². The van der Waals surface area contributed by atoms with Crippen molar-refractivity contribution in [1.82, 2.24) is 4.98 Å². The Balaban J connectivity index is 2.13. The Morgan fingerprint density at radius 2 is 2.05 bits per heavy atom. The summed E-state index contributed by atoms with van der Waals surface area (Å²) in [7, 11) is 0. The average molecular weight is 288 g/mol. The molecule has 0 unspecified atom stereocenters. The highest BCUT2D eigenvalue weighted by Gasteiger charge is 2.08. The second-order valence-corrected chi connectivity index (χ2v) is 5.35. The number of aromatic nitrogens is 1. The molecule has 0 aliphatic rings. The normalized spacial score (nSPS) is 11.9. The van der Waals surface area contributed by atoms with Crippen LogP contribution >= 0.6 is 22.9 Å². The summed E-state index contributed by atoms with van der Waals surface area (Å²) in [5, 5.41) is 3.37. The van der Waals surface area contributed by atoms with Crippen LogP contribution < -0.4 is 10.8 Å². The number of nitrogens with zero attached hydrogens (tertiary/aromatic N) is 1. The molecule has 94 valence electrons. The van der Waals surface area contributed by atoms with Gasteiger partial charge in [-0.3, -0.25) is 0 Å². The van der Waals surface area contributed by atoms with Gasteiger partial charge in [-0.25, -0.2) is 4.98 Å². The maximum atomic E-state index is 6.13. The van der Waals surface area contributed by atoms with Gasteiger partial charge in [0.25, 0.3) is 0 Å². The minimum absolute atomic E-state index is 0.499. The fourth-order valence-corrected chi connectivity index (χ4v) is 2.60. The summed E-state index contributed by atoms with van der Waals surface area (Å²) in [6.07, 6.45) is 1.96. The van der Waals surface area contributed by atoms with E-state index in [0.29, 0.717) is 16.3 Å². The molecule has 0 radical (unpaired) electrons. The van der Waals surface area contributed by atoms with Crippen LogP contribution in [0.1, 0.15) is 4.88 Å². The molecule has 3 rings (SSSR count). The molecule has 2 heterocycles. The molecule has 0 fully saturated rings. The lowest BCUT2D eigenvalue weighted by atomic mass is 10.2. The van der Waals surface area contributed by atoms with E-state index in [4.69, 9.17) is 16.0 Å². The summed E-state index contributed by atoms with van der Waals surface area (Å²) in [4.78, 5) is 5.57. The lowest BCUT2D eigenvalue weighted by Gasteiger charge is -1.96. The topological polar surface area (TPSA) is 26.0 Å². The highest BCUT2D eigenvalue weighted by molar-refractivity contribution is 7.10. The smallest absolute Gasteiger partial charge is 0.228 e. The first-order chi connectivity index (χ1) is 9.24. The van der Waals surface area contributed by atoms with E-state index in [1.165, 1.54) is 0 Å². The van der Waals surface area contributed by atoms with Gasteiger partial charge >= 0.3 is 0 Å². The van der Waals surface area contributed by atoms with Crippen molar-refractivity contribution >= 4 is 35.6 Å². The van der Waals surface area contributed by atoms with Crippen molar-refractivity contribution in [2.75, 3.05) is 0 Å². The maximum absolute atomic E-state index is 6.13. The summed E-state index contributed by atoms with van der Waals surface area (Å²) < 4.78 is 5.60. The number of halogens is 1. The fraction of sp³-hybridized carbons (Fsp3) is 0. The van der Waals surface area contributed by atoms with Gasteiger partial charge in [0.15, 0.2) is 0 Å². The Labute approximate surface area is 119 Å². The molecule has 0 aliphatic heterocycles. The predicted molar refractivity (Wildman–Crippen MR) is 79.6 cm³/mol. The van der Waals surface area contributed by atoms with Gasteiger partial charge in [-0.05, 0) is 29.7 Å². The summed E-state index contributed by atoms with van der Waals surface area (Å²) in [5.41, 5.74) is 1.32. The molecule has 0 N–H and O–H groups in total. The molecule has 1 aromatic carbocycles. The van der Waals surface area contributed by atoms with Crippen molar-refractivity contribution in [1.29, 1.82) is 0 Å². The van der Waals surface area contributed by atoms with Gasteiger partial charge in [0.2, 0.25) is 5.89 Å². The molecule has 2 nitrogen and oxygen atoms in total. The van der Waals surface area contributed by atoms with Gasteiger partial charge in [-0.15, -0.1) is 11.3 Å². The Hall–Kier alpha value is -1.84. The number of hydrogen-bond donors (Lipinski definition) is 0. The zero-order chi connectivity index (χ0) is 13.2. The van der Waals surface area contributed by atoms with Crippen molar-refractivity contribution in [3.8, 4) is 11.5 Å². The first-order valence-corrected chi connectivity index (χ1v) is 6.96. The van der Waals surface area contributed by atoms with E-state index >= 15 is 0 Å². The third-order valence-corrected chi connectivity index (χ3v) is 3.80. The summed E-state index contributed by atoms with van der Waals surface area (Å²) in [5.74, 6) is 0.499. The molecular formula is C15H10ClNOS. The molecule has 0 atom stereocenters. The molecule has 19 heavy (non-hydrogen) atoms. The Morgan fingerprint density at radius 1 is 1.21 bits per heavy atom. The number of hydrogen-bond acceptors (Lipinski definition) is 3. The van der Waals surface area contributed by atoms with Crippen LogP contribution in [0.25, 0.3) is 24.1 Å². The fourth-order valence-electron chi connectivity index (χ4n) is 1.73. The minimum atomic E-state index is 0.499. The van der Waals surface area contributed by atoms with Crippen LogP contribution in [-0.2, 0) is 0 Å². The van der Waals surface area contributed by atoms with Crippen LogP contribution in [0.3, 0.4) is 0 Å². The van der Waals surface area contributed by atoms with E-state index in [1.807, 2.05) is 47.9 Å². The highest BCUT2D eigenvalue weighted by atomic mass is 35.5. The zero-order valence-corrected chi connectivity index (χ0v) is 11.5. The third-order valence-electron chi connectivity index (χ3n) is 2.65. The SMILES string of the molecule is C=c1oc(-c2ccccc2Cl)n/c1=C\c1cccs1. The van der Waals surface area contributed by atoms with E-state index in [2.05, 4.69) is 11.6 Å². The Bertz CT molecular complexity index is 805. The number of rotatable bonds is 2. The van der Waals surface area contributed by atoms with Gasteiger partial charge in [-0.1, -0.05) is 36.4 Å². The average Bonchev–Trinajstić information content (AvgIpc) is 3.02. The second kappa shape index (κ2) is 5.03. The number of oxazole rings is 1. The minimum Gasteiger partial charge on any atom is -0.437 e. The monoisotopic (exact) mass is 287 g/mol. The van der Waals surface area contributed by atoms with Crippen molar-refractivity contribution in [3.63, 3.8) is 0 Å². The lowest BCUT2D eigenvalue weighted by Crippen LogP contribution is -2.19. The molecule has 0 amide bonds.